The Morgan fingerprint density at radius 2 is 2.12 bits per heavy atom. The number of ether oxygens (including phenoxy) is 1. The first kappa shape index (κ1) is 13.1. The Labute approximate surface area is 115 Å². The van der Waals surface area contributed by atoms with Crippen molar-refractivity contribution in [1.29, 1.82) is 0 Å². The molecule has 0 spiro atoms. The third-order valence-corrected chi connectivity index (χ3v) is 3.75. The molecule has 1 heterocycles. The van der Waals surface area contributed by atoms with Crippen molar-refractivity contribution < 1.29 is 4.74 Å². The van der Waals surface area contributed by atoms with Gasteiger partial charge in [-0.05, 0) is 41.3 Å². The van der Waals surface area contributed by atoms with Crippen molar-refractivity contribution in [3.63, 3.8) is 0 Å². The highest BCUT2D eigenvalue weighted by Crippen LogP contribution is 2.28. The van der Waals surface area contributed by atoms with Crippen molar-refractivity contribution in [1.82, 2.24) is 4.98 Å². The number of nitrogens with zero attached hydrogens (tertiary/aromatic N) is 1. The monoisotopic (exact) mass is 318 g/mol. The molecular formula is C12H16BrClN2O. The topological polar surface area (TPSA) is 48.1 Å². The molecule has 5 heteroatoms. The lowest BCUT2D eigenvalue weighted by atomic mass is 10.1. The van der Waals surface area contributed by atoms with E-state index in [-0.39, 0.29) is 12.1 Å². The highest BCUT2D eigenvalue weighted by atomic mass is 79.9. The van der Waals surface area contributed by atoms with Crippen LogP contribution in [0.5, 0.6) is 5.88 Å². The lowest BCUT2D eigenvalue weighted by Gasteiger charge is -2.22. The summed E-state index contributed by atoms with van der Waals surface area (Å²) in [5, 5.41) is 0.524. The zero-order chi connectivity index (χ0) is 12.3. The van der Waals surface area contributed by atoms with Crippen LogP contribution in [0.4, 0.5) is 0 Å². The molecule has 2 unspecified atom stereocenters. The lowest BCUT2D eigenvalue weighted by Crippen LogP contribution is -2.38. The summed E-state index contributed by atoms with van der Waals surface area (Å²) in [5.41, 5.74) is 6.10. The molecule has 1 fully saturated rings. The second kappa shape index (κ2) is 6.03. The first-order chi connectivity index (χ1) is 8.16. The maximum Gasteiger partial charge on any atom is 0.232 e. The molecule has 0 aliphatic heterocycles. The Hall–Kier alpha value is -0.320. The zero-order valence-electron chi connectivity index (χ0n) is 9.53. The van der Waals surface area contributed by atoms with Gasteiger partial charge in [-0.15, -0.1) is 0 Å². The third-order valence-electron chi connectivity index (χ3n) is 3.04. The average molecular weight is 320 g/mol. The molecule has 2 rings (SSSR count). The maximum absolute atomic E-state index is 6.10. The average Bonchev–Trinajstić information content (AvgIpc) is 2.48. The van der Waals surface area contributed by atoms with E-state index in [0.29, 0.717) is 10.9 Å². The number of rotatable bonds is 2. The van der Waals surface area contributed by atoms with Gasteiger partial charge in [0.05, 0.1) is 0 Å². The minimum absolute atomic E-state index is 0.0312. The van der Waals surface area contributed by atoms with E-state index in [1.807, 2.05) is 0 Å². The molecule has 0 saturated heterocycles. The van der Waals surface area contributed by atoms with Crippen LogP contribution in [0.1, 0.15) is 32.1 Å². The van der Waals surface area contributed by atoms with E-state index >= 15 is 0 Å². The molecule has 2 N–H and O–H groups in total. The van der Waals surface area contributed by atoms with Gasteiger partial charge in [0, 0.05) is 16.7 Å². The second-order valence-corrected chi connectivity index (χ2v) is 5.72. The van der Waals surface area contributed by atoms with Crippen LogP contribution < -0.4 is 10.5 Å². The predicted octanol–water partition coefficient (Wildman–Crippen LogP) is 3.54. The van der Waals surface area contributed by atoms with Crippen molar-refractivity contribution in [2.45, 2.75) is 44.2 Å². The molecule has 0 bridgehead atoms. The van der Waals surface area contributed by atoms with E-state index in [9.17, 15) is 0 Å². The van der Waals surface area contributed by atoms with Crippen LogP contribution in [0.25, 0.3) is 0 Å². The SMILES string of the molecule is NC1CCCCCC1Oc1ncc(Br)cc1Cl. The van der Waals surface area contributed by atoms with Crippen LogP contribution in [-0.2, 0) is 0 Å². The quantitative estimate of drug-likeness (QED) is 0.848. The predicted molar refractivity (Wildman–Crippen MR) is 72.4 cm³/mol. The number of hydrogen-bond donors (Lipinski definition) is 1. The smallest absolute Gasteiger partial charge is 0.232 e. The van der Waals surface area contributed by atoms with Crippen LogP contribution in [0.3, 0.4) is 0 Å². The second-order valence-electron chi connectivity index (χ2n) is 4.40. The summed E-state index contributed by atoms with van der Waals surface area (Å²) in [6.45, 7) is 0. The summed E-state index contributed by atoms with van der Waals surface area (Å²) >= 11 is 9.40. The van der Waals surface area contributed by atoms with Crippen LogP contribution in [0, 0.1) is 0 Å². The summed E-state index contributed by atoms with van der Waals surface area (Å²) in [6.07, 6.45) is 7.28. The molecule has 0 aromatic carbocycles. The molecule has 1 aliphatic carbocycles. The van der Waals surface area contributed by atoms with Gasteiger partial charge >= 0.3 is 0 Å². The van der Waals surface area contributed by atoms with Gasteiger partial charge in [-0.2, -0.15) is 0 Å². The fraction of sp³-hybridized carbons (Fsp3) is 0.583. The Kier molecular flexibility index (Phi) is 4.65. The van der Waals surface area contributed by atoms with Gasteiger partial charge in [0.25, 0.3) is 0 Å². The Balaban J connectivity index is 2.08. The van der Waals surface area contributed by atoms with Gasteiger partial charge in [0.2, 0.25) is 5.88 Å². The molecule has 1 aromatic rings. The largest absolute Gasteiger partial charge is 0.472 e. The molecular weight excluding hydrogens is 304 g/mol. The van der Waals surface area contributed by atoms with Gasteiger partial charge in [-0.1, -0.05) is 24.4 Å². The normalized spacial score (nSPS) is 25.4. The third kappa shape index (κ3) is 3.57. The summed E-state index contributed by atoms with van der Waals surface area (Å²) in [5.74, 6) is 0.484. The Bertz CT molecular complexity index is 389. The fourth-order valence-electron chi connectivity index (χ4n) is 2.08. The van der Waals surface area contributed by atoms with Crippen molar-refractivity contribution in [2.24, 2.45) is 5.73 Å². The summed E-state index contributed by atoms with van der Waals surface area (Å²) in [6, 6.07) is 1.87. The summed E-state index contributed by atoms with van der Waals surface area (Å²) in [7, 11) is 0. The van der Waals surface area contributed by atoms with E-state index in [2.05, 4.69) is 20.9 Å². The van der Waals surface area contributed by atoms with Crippen LogP contribution in [-0.4, -0.2) is 17.1 Å². The standard InChI is InChI=1S/C12H16BrClN2O/c13-8-6-9(14)12(16-7-8)17-11-5-3-1-2-4-10(11)15/h6-7,10-11H,1-5,15H2. The molecule has 17 heavy (non-hydrogen) atoms. The first-order valence-electron chi connectivity index (χ1n) is 5.90. The molecule has 1 saturated carbocycles. The Morgan fingerprint density at radius 3 is 2.88 bits per heavy atom. The van der Waals surface area contributed by atoms with Gasteiger partial charge in [0.1, 0.15) is 11.1 Å². The minimum atomic E-state index is 0.0312. The van der Waals surface area contributed by atoms with Crippen molar-refractivity contribution >= 4 is 27.5 Å². The highest BCUT2D eigenvalue weighted by molar-refractivity contribution is 9.10. The zero-order valence-corrected chi connectivity index (χ0v) is 11.9. The molecule has 1 aliphatic rings. The maximum atomic E-state index is 6.10. The molecule has 0 amide bonds. The number of pyridine rings is 1. The molecule has 94 valence electrons. The van der Waals surface area contributed by atoms with Crippen LogP contribution >= 0.6 is 27.5 Å². The number of nitrogens with two attached hydrogens (primary N) is 1. The van der Waals surface area contributed by atoms with Gasteiger partial charge in [0.15, 0.2) is 0 Å². The van der Waals surface area contributed by atoms with Crippen molar-refractivity contribution in [3.8, 4) is 5.88 Å². The minimum Gasteiger partial charge on any atom is -0.472 e. The number of hydrogen-bond acceptors (Lipinski definition) is 3. The van der Waals surface area contributed by atoms with Crippen LogP contribution in [0.15, 0.2) is 16.7 Å². The van der Waals surface area contributed by atoms with E-state index in [1.54, 1.807) is 12.3 Å². The summed E-state index contributed by atoms with van der Waals surface area (Å²) in [4.78, 5) is 4.18. The highest BCUT2D eigenvalue weighted by Gasteiger charge is 2.23. The molecule has 2 atom stereocenters. The van der Waals surface area contributed by atoms with Crippen molar-refractivity contribution in [3.05, 3.63) is 21.8 Å². The molecule has 1 aromatic heterocycles. The van der Waals surface area contributed by atoms with E-state index in [4.69, 9.17) is 22.1 Å². The Morgan fingerprint density at radius 1 is 1.35 bits per heavy atom. The van der Waals surface area contributed by atoms with Gasteiger partial charge in [-0.3, -0.25) is 0 Å². The molecule has 0 radical (unpaired) electrons. The van der Waals surface area contributed by atoms with E-state index in [0.717, 1.165) is 23.7 Å². The van der Waals surface area contributed by atoms with Crippen LogP contribution in [0.2, 0.25) is 5.02 Å². The van der Waals surface area contributed by atoms with Crippen molar-refractivity contribution in [2.75, 3.05) is 0 Å². The number of aromatic nitrogens is 1. The number of halogens is 2. The van der Waals surface area contributed by atoms with E-state index in [1.165, 1.54) is 12.8 Å². The molecule has 3 nitrogen and oxygen atoms in total. The summed E-state index contributed by atoms with van der Waals surface area (Å²) < 4.78 is 6.69. The van der Waals surface area contributed by atoms with E-state index < -0.39 is 0 Å². The van der Waals surface area contributed by atoms with Gasteiger partial charge in [-0.25, -0.2) is 4.98 Å². The lowest BCUT2D eigenvalue weighted by molar-refractivity contribution is 0.156. The first-order valence-corrected chi connectivity index (χ1v) is 7.07. The fourth-order valence-corrected chi connectivity index (χ4v) is 2.75. The van der Waals surface area contributed by atoms with Gasteiger partial charge < -0.3 is 10.5 Å².